The molecule has 0 radical (unpaired) electrons. The number of rotatable bonds is 3. The van der Waals surface area contributed by atoms with Crippen LogP contribution < -0.4 is 10.6 Å². The van der Waals surface area contributed by atoms with E-state index in [2.05, 4.69) is 39.8 Å². The largest absolute Gasteiger partial charge is 0.361 e. The van der Waals surface area contributed by atoms with E-state index < -0.39 is 0 Å². The molecule has 4 rings (SSSR count). The van der Waals surface area contributed by atoms with Crippen molar-refractivity contribution in [3.05, 3.63) is 29.2 Å². The van der Waals surface area contributed by atoms with Crippen molar-refractivity contribution in [1.29, 1.82) is 0 Å². The maximum absolute atomic E-state index is 12.3. The molecule has 1 aromatic carbocycles. The third kappa shape index (κ3) is 2.94. The number of carbonyl (C=O) groups is 1. The van der Waals surface area contributed by atoms with Crippen LogP contribution in [0.2, 0.25) is 0 Å². The fourth-order valence-electron chi connectivity index (χ4n) is 3.35. The molecule has 0 saturated carbocycles. The number of anilines is 1. The van der Waals surface area contributed by atoms with Crippen LogP contribution in [-0.4, -0.2) is 29.1 Å². The highest BCUT2D eigenvalue weighted by Crippen LogP contribution is 2.35. The number of nitrogens with zero attached hydrogens (tertiary/aromatic N) is 2. The summed E-state index contributed by atoms with van der Waals surface area (Å²) in [6.45, 7) is 7.57. The highest BCUT2D eigenvalue weighted by atomic mass is 32.1. The van der Waals surface area contributed by atoms with Crippen LogP contribution in [0, 0.1) is 26.7 Å². The molecule has 25 heavy (non-hydrogen) atoms. The molecule has 1 aliphatic heterocycles. The number of benzene rings is 1. The molecule has 1 amide bonds. The molecule has 2 N–H and O–H groups in total. The van der Waals surface area contributed by atoms with E-state index in [1.54, 1.807) is 0 Å². The van der Waals surface area contributed by atoms with Crippen LogP contribution in [0.5, 0.6) is 0 Å². The molecule has 2 aromatic heterocycles. The van der Waals surface area contributed by atoms with Crippen molar-refractivity contribution >= 4 is 32.6 Å². The normalized spacial score (nSPS) is 17.3. The first-order valence-electron chi connectivity index (χ1n) is 8.39. The molecule has 0 aliphatic carbocycles. The first-order valence-corrected chi connectivity index (χ1v) is 9.20. The van der Waals surface area contributed by atoms with Crippen molar-refractivity contribution in [3.63, 3.8) is 0 Å². The van der Waals surface area contributed by atoms with Gasteiger partial charge in [0.05, 0.1) is 21.8 Å². The molecule has 1 fully saturated rings. The first kappa shape index (κ1) is 16.2. The Kier molecular flexibility index (Phi) is 4.05. The van der Waals surface area contributed by atoms with E-state index in [0.29, 0.717) is 5.13 Å². The summed E-state index contributed by atoms with van der Waals surface area (Å²) in [6.07, 6.45) is 0.881. The molecule has 130 valence electrons. The summed E-state index contributed by atoms with van der Waals surface area (Å²) in [5.41, 5.74) is 5.04. The number of fused-ring (bicyclic) bond motifs is 1. The molecule has 1 saturated heterocycles. The lowest BCUT2D eigenvalue weighted by atomic mass is 9.99. The maximum Gasteiger partial charge on any atom is 0.230 e. The van der Waals surface area contributed by atoms with Crippen LogP contribution in [0.25, 0.3) is 21.3 Å². The van der Waals surface area contributed by atoms with Crippen LogP contribution in [0.3, 0.4) is 0 Å². The lowest BCUT2D eigenvalue weighted by molar-refractivity contribution is -0.119. The smallest absolute Gasteiger partial charge is 0.230 e. The summed E-state index contributed by atoms with van der Waals surface area (Å²) >= 11 is 1.50. The number of aryl methyl sites for hydroxylation is 3. The number of amides is 1. The fourth-order valence-corrected chi connectivity index (χ4v) is 4.24. The van der Waals surface area contributed by atoms with Gasteiger partial charge in [-0.3, -0.25) is 4.79 Å². The zero-order valence-corrected chi connectivity index (χ0v) is 15.3. The van der Waals surface area contributed by atoms with Crippen molar-refractivity contribution in [2.75, 3.05) is 18.4 Å². The van der Waals surface area contributed by atoms with Crippen LogP contribution in [0.4, 0.5) is 5.13 Å². The van der Waals surface area contributed by atoms with Gasteiger partial charge in [-0.15, -0.1) is 0 Å². The number of nitrogens with one attached hydrogen (secondary N) is 2. The summed E-state index contributed by atoms with van der Waals surface area (Å²) in [6, 6.07) is 4.17. The predicted molar refractivity (Wildman–Crippen MR) is 98.9 cm³/mol. The van der Waals surface area contributed by atoms with Gasteiger partial charge in [0, 0.05) is 12.1 Å². The highest BCUT2D eigenvalue weighted by Gasteiger charge is 2.23. The molecule has 0 unspecified atom stereocenters. The van der Waals surface area contributed by atoms with Crippen molar-refractivity contribution in [2.24, 2.45) is 5.92 Å². The van der Waals surface area contributed by atoms with E-state index in [-0.39, 0.29) is 11.8 Å². The van der Waals surface area contributed by atoms with E-state index in [1.807, 2.05) is 13.8 Å². The number of thiazole rings is 1. The zero-order chi connectivity index (χ0) is 17.6. The van der Waals surface area contributed by atoms with Crippen LogP contribution in [-0.2, 0) is 4.79 Å². The average molecular weight is 356 g/mol. The van der Waals surface area contributed by atoms with E-state index >= 15 is 0 Å². The summed E-state index contributed by atoms with van der Waals surface area (Å²) in [4.78, 5) is 16.9. The van der Waals surface area contributed by atoms with Gasteiger partial charge in [0.25, 0.3) is 0 Å². The molecule has 1 atom stereocenters. The van der Waals surface area contributed by atoms with Gasteiger partial charge >= 0.3 is 0 Å². The lowest BCUT2D eigenvalue weighted by Gasteiger charge is -2.06. The zero-order valence-electron chi connectivity index (χ0n) is 14.5. The molecule has 0 bridgehead atoms. The second-order valence-corrected chi connectivity index (χ2v) is 7.56. The Bertz CT molecular complexity index is 934. The lowest BCUT2D eigenvalue weighted by Crippen LogP contribution is -2.24. The number of aromatic nitrogens is 2. The number of hydrogen-bond donors (Lipinski definition) is 2. The third-order valence-electron chi connectivity index (χ3n) is 4.70. The van der Waals surface area contributed by atoms with Gasteiger partial charge in [-0.25, -0.2) is 4.98 Å². The molecule has 1 aliphatic rings. The quantitative estimate of drug-likeness (QED) is 0.751. The topological polar surface area (TPSA) is 80.0 Å². The van der Waals surface area contributed by atoms with Crippen LogP contribution in [0.1, 0.15) is 23.4 Å². The Balaban J connectivity index is 1.68. The van der Waals surface area contributed by atoms with Gasteiger partial charge in [0.2, 0.25) is 5.91 Å². The summed E-state index contributed by atoms with van der Waals surface area (Å²) in [5, 5.41) is 10.9. The van der Waals surface area contributed by atoms with Crippen LogP contribution >= 0.6 is 11.3 Å². The van der Waals surface area contributed by atoms with E-state index in [0.717, 1.165) is 57.9 Å². The minimum atomic E-state index is 0.0339. The molecular weight excluding hydrogens is 336 g/mol. The first-order chi connectivity index (χ1) is 12.0. The minimum absolute atomic E-state index is 0.0339. The van der Waals surface area contributed by atoms with Gasteiger partial charge in [-0.05, 0) is 57.0 Å². The number of hydrogen-bond acceptors (Lipinski definition) is 6. The van der Waals surface area contributed by atoms with Crippen molar-refractivity contribution in [1.82, 2.24) is 15.5 Å². The van der Waals surface area contributed by atoms with Gasteiger partial charge in [0.15, 0.2) is 5.13 Å². The molecule has 3 heterocycles. The van der Waals surface area contributed by atoms with Gasteiger partial charge in [-0.1, -0.05) is 16.5 Å². The summed E-state index contributed by atoms with van der Waals surface area (Å²) < 4.78 is 6.35. The number of carbonyl (C=O) groups excluding carboxylic acids is 1. The Morgan fingerprint density at radius 3 is 2.88 bits per heavy atom. The van der Waals surface area contributed by atoms with Crippen molar-refractivity contribution in [2.45, 2.75) is 27.2 Å². The van der Waals surface area contributed by atoms with Crippen molar-refractivity contribution < 1.29 is 9.32 Å². The van der Waals surface area contributed by atoms with Crippen molar-refractivity contribution in [3.8, 4) is 11.1 Å². The Hall–Kier alpha value is -2.25. The molecule has 6 nitrogen and oxygen atoms in total. The SMILES string of the molecule is Cc1cc2nc(NC(=O)[C@H]3CCNC3)sc2cc1-c1c(C)noc1C. The Labute approximate surface area is 149 Å². The fraction of sp³-hybridized carbons (Fsp3) is 0.389. The average Bonchev–Trinajstić information content (AvgIpc) is 3.28. The Morgan fingerprint density at radius 2 is 2.20 bits per heavy atom. The van der Waals surface area contributed by atoms with E-state index in [4.69, 9.17) is 4.52 Å². The Morgan fingerprint density at radius 1 is 1.36 bits per heavy atom. The van der Waals surface area contributed by atoms with E-state index in [1.165, 1.54) is 11.3 Å². The molecular formula is C18H20N4O2S. The van der Waals surface area contributed by atoms with Crippen LogP contribution in [0.15, 0.2) is 16.7 Å². The molecule has 0 spiro atoms. The monoisotopic (exact) mass is 356 g/mol. The van der Waals surface area contributed by atoms with E-state index in [9.17, 15) is 4.79 Å². The predicted octanol–water partition coefficient (Wildman–Crippen LogP) is 3.42. The maximum atomic E-state index is 12.3. The standard InChI is InChI=1S/C18H20N4O2S/c1-9-6-14-15(7-13(9)16-10(2)22-24-11(16)3)25-18(20-14)21-17(23)12-4-5-19-8-12/h6-7,12,19H,4-5,8H2,1-3H3,(H,20,21,23)/t12-/m0/s1. The second-order valence-electron chi connectivity index (χ2n) is 6.53. The second kappa shape index (κ2) is 6.24. The van der Waals surface area contributed by atoms with Gasteiger partial charge < -0.3 is 15.2 Å². The third-order valence-corrected chi connectivity index (χ3v) is 5.63. The molecule has 3 aromatic rings. The summed E-state index contributed by atoms with van der Waals surface area (Å²) in [7, 11) is 0. The minimum Gasteiger partial charge on any atom is -0.361 e. The highest BCUT2D eigenvalue weighted by molar-refractivity contribution is 7.22. The summed E-state index contributed by atoms with van der Waals surface area (Å²) in [5.74, 6) is 0.894. The molecule has 7 heteroatoms. The van der Waals surface area contributed by atoms with Gasteiger partial charge in [0.1, 0.15) is 5.76 Å². The van der Waals surface area contributed by atoms with Gasteiger partial charge in [-0.2, -0.15) is 0 Å².